The Morgan fingerprint density at radius 2 is 1.76 bits per heavy atom. The average Bonchev–Trinajstić information content (AvgIpc) is 2.62. The predicted molar refractivity (Wildman–Crippen MR) is 99.0 cm³/mol. The third-order valence-corrected chi connectivity index (χ3v) is 4.31. The molecule has 2 N–H and O–H groups in total. The van der Waals surface area contributed by atoms with E-state index in [9.17, 15) is 9.18 Å². The van der Waals surface area contributed by atoms with Gasteiger partial charge in [-0.05, 0) is 61.3 Å². The van der Waals surface area contributed by atoms with Crippen molar-refractivity contribution in [2.24, 2.45) is 0 Å². The second-order valence-corrected chi connectivity index (χ2v) is 5.92. The van der Waals surface area contributed by atoms with Crippen molar-refractivity contribution in [3.8, 4) is 16.9 Å². The summed E-state index contributed by atoms with van der Waals surface area (Å²) in [5.41, 5.74) is 1.69. The van der Waals surface area contributed by atoms with Crippen molar-refractivity contribution in [2.75, 3.05) is 20.2 Å². The molecule has 0 bridgehead atoms. The number of nitrogens with one attached hydrogen (secondary N) is 2. The van der Waals surface area contributed by atoms with Gasteiger partial charge in [-0.25, -0.2) is 4.39 Å². The molecule has 0 unspecified atom stereocenters. The standard InChI is InChI=1S/C19H21FN2O2.ClH/c1-24-16-5-2-13(3-6-16)14-4-7-17(18(20)12-14)19(23)22-15-8-10-21-11-9-15;/h2-7,12,15,21H,8-11H2,1H3,(H,22,23);1H. The second-order valence-electron chi connectivity index (χ2n) is 5.92. The fourth-order valence-electron chi connectivity index (χ4n) is 2.89. The third kappa shape index (κ3) is 4.71. The number of hydrogen-bond donors (Lipinski definition) is 2. The number of carbonyl (C=O) groups is 1. The number of hydrogen-bond acceptors (Lipinski definition) is 3. The van der Waals surface area contributed by atoms with Gasteiger partial charge in [-0.3, -0.25) is 4.79 Å². The van der Waals surface area contributed by atoms with Crippen LogP contribution in [-0.2, 0) is 0 Å². The first-order valence-corrected chi connectivity index (χ1v) is 8.13. The molecule has 1 heterocycles. The van der Waals surface area contributed by atoms with Crippen LogP contribution in [0.3, 0.4) is 0 Å². The molecule has 1 fully saturated rings. The number of methoxy groups -OCH3 is 1. The molecule has 0 atom stereocenters. The molecule has 0 radical (unpaired) electrons. The molecule has 2 aromatic rings. The molecule has 134 valence electrons. The molecule has 1 saturated heterocycles. The summed E-state index contributed by atoms with van der Waals surface area (Å²) in [5.74, 6) is -0.104. The van der Waals surface area contributed by atoms with Crippen molar-refractivity contribution in [1.29, 1.82) is 0 Å². The van der Waals surface area contributed by atoms with Crippen LogP contribution in [0, 0.1) is 5.82 Å². The van der Waals surface area contributed by atoms with Crippen LogP contribution in [0.4, 0.5) is 4.39 Å². The van der Waals surface area contributed by atoms with Gasteiger partial charge >= 0.3 is 0 Å². The van der Waals surface area contributed by atoms with Crippen LogP contribution >= 0.6 is 12.4 Å². The SMILES string of the molecule is COc1ccc(-c2ccc(C(=O)NC3CCNCC3)c(F)c2)cc1.Cl. The minimum absolute atomic E-state index is 0. The van der Waals surface area contributed by atoms with Crippen LogP contribution in [0.2, 0.25) is 0 Å². The topological polar surface area (TPSA) is 50.4 Å². The lowest BCUT2D eigenvalue weighted by Crippen LogP contribution is -2.42. The van der Waals surface area contributed by atoms with Crippen molar-refractivity contribution in [3.05, 3.63) is 53.8 Å². The zero-order valence-corrected chi connectivity index (χ0v) is 14.9. The zero-order chi connectivity index (χ0) is 16.9. The van der Waals surface area contributed by atoms with Gasteiger partial charge in [0.25, 0.3) is 5.91 Å². The van der Waals surface area contributed by atoms with E-state index in [4.69, 9.17) is 4.74 Å². The van der Waals surface area contributed by atoms with Crippen LogP contribution < -0.4 is 15.4 Å². The highest BCUT2D eigenvalue weighted by Gasteiger charge is 2.19. The van der Waals surface area contributed by atoms with Crippen molar-refractivity contribution in [2.45, 2.75) is 18.9 Å². The van der Waals surface area contributed by atoms with E-state index >= 15 is 0 Å². The van der Waals surface area contributed by atoms with Gasteiger partial charge in [0.2, 0.25) is 0 Å². The molecule has 3 rings (SSSR count). The molecule has 2 aromatic carbocycles. The van der Waals surface area contributed by atoms with Crippen LogP contribution in [0.15, 0.2) is 42.5 Å². The minimum Gasteiger partial charge on any atom is -0.497 e. The van der Waals surface area contributed by atoms with Gasteiger partial charge in [-0.15, -0.1) is 12.4 Å². The first-order valence-electron chi connectivity index (χ1n) is 8.13. The van der Waals surface area contributed by atoms with Crippen molar-refractivity contribution < 1.29 is 13.9 Å². The molecule has 25 heavy (non-hydrogen) atoms. The molecule has 1 amide bonds. The van der Waals surface area contributed by atoms with Crippen LogP contribution in [-0.4, -0.2) is 32.1 Å². The highest BCUT2D eigenvalue weighted by Crippen LogP contribution is 2.24. The summed E-state index contributed by atoms with van der Waals surface area (Å²) in [5, 5.41) is 6.15. The largest absolute Gasteiger partial charge is 0.497 e. The van der Waals surface area contributed by atoms with Crippen molar-refractivity contribution in [1.82, 2.24) is 10.6 Å². The number of carbonyl (C=O) groups excluding carboxylic acids is 1. The lowest BCUT2D eigenvalue weighted by atomic mass is 10.0. The summed E-state index contributed by atoms with van der Waals surface area (Å²) in [4.78, 5) is 12.3. The highest BCUT2D eigenvalue weighted by atomic mass is 35.5. The van der Waals surface area contributed by atoms with Gasteiger partial charge in [0, 0.05) is 6.04 Å². The van der Waals surface area contributed by atoms with Crippen molar-refractivity contribution >= 4 is 18.3 Å². The molecule has 0 spiro atoms. The maximum atomic E-state index is 14.4. The monoisotopic (exact) mass is 364 g/mol. The minimum atomic E-state index is -0.505. The molecule has 6 heteroatoms. The Kier molecular flexibility index (Phi) is 6.79. The number of benzene rings is 2. The first-order chi connectivity index (χ1) is 11.7. The number of amides is 1. The molecular weight excluding hydrogens is 343 g/mol. The zero-order valence-electron chi connectivity index (χ0n) is 14.0. The van der Waals surface area contributed by atoms with E-state index in [2.05, 4.69) is 10.6 Å². The van der Waals surface area contributed by atoms with Crippen LogP contribution in [0.5, 0.6) is 5.75 Å². The van der Waals surface area contributed by atoms with E-state index < -0.39 is 5.82 Å². The summed E-state index contributed by atoms with van der Waals surface area (Å²) in [6, 6.07) is 12.2. The van der Waals surface area contributed by atoms with Gasteiger partial charge in [0.1, 0.15) is 11.6 Å². The molecule has 0 saturated carbocycles. The molecule has 4 nitrogen and oxygen atoms in total. The fraction of sp³-hybridized carbons (Fsp3) is 0.316. The van der Waals surface area contributed by atoms with E-state index in [1.54, 1.807) is 19.2 Å². The smallest absolute Gasteiger partial charge is 0.254 e. The van der Waals surface area contributed by atoms with Crippen molar-refractivity contribution in [3.63, 3.8) is 0 Å². The number of ether oxygens (including phenoxy) is 1. The van der Waals surface area contributed by atoms with Gasteiger partial charge < -0.3 is 15.4 Å². The quantitative estimate of drug-likeness (QED) is 0.874. The van der Waals surface area contributed by atoms with Gasteiger partial charge in [-0.1, -0.05) is 18.2 Å². The Labute approximate surface area is 153 Å². The maximum absolute atomic E-state index is 14.4. The normalized spacial score (nSPS) is 14.5. The number of rotatable bonds is 4. The lowest BCUT2D eigenvalue weighted by Gasteiger charge is -2.23. The predicted octanol–water partition coefficient (Wildman–Crippen LogP) is 3.40. The second kappa shape index (κ2) is 8.83. The van der Waals surface area contributed by atoms with Gasteiger partial charge in [0.05, 0.1) is 12.7 Å². The maximum Gasteiger partial charge on any atom is 0.254 e. The van der Waals surface area contributed by atoms with E-state index in [0.717, 1.165) is 42.8 Å². The average molecular weight is 365 g/mol. The summed E-state index contributed by atoms with van der Waals surface area (Å²) in [6.45, 7) is 1.76. The number of halogens is 2. The Hall–Kier alpha value is -2.11. The molecule has 1 aliphatic heterocycles. The van der Waals surface area contributed by atoms with Gasteiger partial charge in [0.15, 0.2) is 0 Å². The molecule has 0 aliphatic carbocycles. The van der Waals surface area contributed by atoms with E-state index in [0.29, 0.717) is 0 Å². The van der Waals surface area contributed by atoms with E-state index in [1.165, 1.54) is 6.07 Å². The summed E-state index contributed by atoms with van der Waals surface area (Å²) in [7, 11) is 1.60. The molecular formula is C19H22ClFN2O2. The van der Waals surface area contributed by atoms with Crippen LogP contribution in [0.1, 0.15) is 23.2 Å². The fourth-order valence-corrected chi connectivity index (χ4v) is 2.89. The Bertz CT molecular complexity index is 716. The summed E-state index contributed by atoms with van der Waals surface area (Å²) in [6.07, 6.45) is 1.74. The Balaban J connectivity index is 0.00000225. The summed E-state index contributed by atoms with van der Waals surface area (Å²) >= 11 is 0. The molecule has 1 aliphatic rings. The molecule has 0 aromatic heterocycles. The Morgan fingerprint density at radius 1 is 1.12 bits per heavy atom. The van der Waals surface area contributed by atoms with E-state index in [-0.39, 0.29) is 29.9 Å². The first kappa shape index (κ1) is 19.2. The van der Waals surface area contributed by atoms with Gasteiger partial charge in [-0.2, -0.15) is 0 Å². The Morgan fingerprint density at radius 3 is 2.36 bits per heavy atom. The third-order valence-electron chi connectivity index (χ3n) is 4.31. The number of piperidine rings is 1. The highest BCUT2D eigenvalue weighted by molar-refractivity contribution is 5.95. The van der Waals surface area contributed by atoms with Crippen LogP contribution in [0.25, 0.3) is 11.1 Å². The lowest BCUT2D eigenvalue weighted by molar-refractivity contribution is 0.0925. The summed E-state index contributed by atoms with van der Waals surface area (Å²) < 4.78 is 19.5. The van der Waals surface area contributed by atoms with E-state index in [1.807, 2.05) is 24.3 Å².